The van der Waals surface area contributed by atoms with Crippen molar-refractivity contribution in [2.75, 3.05) is 25.0 Å². The standard InChI is InChI=1S/C18H20ClFN2O4S/c1-3-22(4-2)27(24,25)15-7-5-6-13(10-15)21-18(23)12-26-14-8-9-17(20)16(19)11-14/h5-11H,3-4,12H2,1-2H3,(H,21,23). The van der Waals surface area contributed by atoms with Crippen LogP contribution in [0.5, 0.6) is 5.75 Å². The van der Waals surface area contributed by atoms with E-state index in [0.29, 0.717) is 18.8 Å². The third-order valence-electron chi connectivity index (χ3n) is 3.72. The molecule has 2 aromatic carbocycles. The Hall–Kier alpha value is -2.16. The Labute approximate surface area is 162 Å². The molecule has 0 aliphatic rings. The van der Waals surface area contributed by atoms with Gasteiger partial charge in [-0.05, 0) is 30.3 Å². The van der Waals surface area contributed by atoms with E-state index in [1.54, 1.807) is 26.0 Å². The minimum Gasteiger partial charge on any atom is -0.484 e. The molecule has 0 aliphatic heterocycles. The highest BCUT2D eigenvalue weighted by Crippen LogP contribution is 2.22. The first-order valence-electron chi connectivity index (χ1n) is 8.25. The molecule has 146 valence electrons. The topological polar surface area (TPSA) is 75.7 Å². The van der Waals surface area contributed by atoms with Crippen molar-refractivity contribution in [1.29, 1.82) is 0 Å². The van der Waals surface area contributed by atoms with Gasteiger partial charge in [-0.1, -0.05) is 31.5 Å². The summed E-state index contributed by atoms with van der Waals surface area (Å²) in [6.45, 7) is 3.87. The van der Waals surface area contributed by atoms with Crippen LogP contribution in [0.3, 0.4) is 0 Å². The van der Waals surface area contributed by atoms with Gasteiger partial charge in [0.1, 0.15) is 11.6 Å². The molecule has 27 heavy (non-hydrogen) atoms. The molecule has 0 aliphatic carbocycles. The number of benzene rings is 2. The molecule has 0 atom stereocenters. The minimum absolute atomic E-state index is 0.0928. The highest BCUT2D eigenvalue weighted by atomic mass is 35.5. The summed E-state index contributed by atoms with van der Waals surface area (Å²) >= 11 is 5.65. The van der Waals surface area contributed by atoms with Gasteiger partial charge >= 0.3 is 0 Å². The predicted molar refractivity (Wildman–Crippen MR) is 102 cm³/mol. The molecule has 0 aromatic heterocycles. The molecule has 9 heteroatoms. The highest BCUT2D eigenvalue weighted by Gasteiger charge is 2.21. The van der Waals surface area contributed by atoms with E-state index in [1.165, 1.54) is 28.6 Å². The number of hydrogen-bond donors (Lipinski definition) is 1. The van der Waals surface area contributed by atoms with Crippen LogP contribution in [0.25, 0.3) is 0 Å². The molecule has 0 saturated heterocycles. The summed E-state index contributed by atoms with van der Waals surface area (Å²) in [7, 11) is -3.62. The summed E-state index contributed by atoms with van der Waals surface area (Å²) in [5.41, 5.74) is 0.328. The van der Waals surface area contributed by atoms with Gasteiger partial charge in [-0.15, -0.1) is 0 Å². The monoisotopic (exact) mass is 414 g/mol. The number of nitrogens with one attached hydrogen (secondary N) is 1. The zero-order valence-electron chi connectivity index (χ0n) is 14.9. The number of carbonyl (C=O) groups excluding carboxylic acids is 1. The van der Waals surface area contributed by atoms with Crippen LogP contribution >= 0.6 is 11.6 Å². The maximum Gasteiger partial charge on any atom is 0.262 e. The highest BCUT2D eigenvalue weighted by molar-refractivity contribution is 7.89. The van der Waals surface area contributed by atoms with E-state index >= 15 is 0 Å². The summed E-state index contributed by atoms with van der Waals surface area (Å²) in [4.78, 5) is 12.1. The Morgan fingerprint density at radius 2 is 1.89 bits per heavy atom. The van der Waals surface area contributed by atoms with Crippen LogP contribution in [-0.2, 0) is 14.8 Å². The number of sulfonamides is 1. The number of anilines is 1. The third kappa shape index (κ3) is 5.41. The smallest absolute Gasteiger partial charge is 0.262 e. The van der Waals surface area contributed by atoms with E-state index < -0.39 is 21.7 Å². The number of amides is 1. The molecule has 1 amide bonds. The average Bonchev–Trinajstić information content (AvgIpc) is 2.64. The van der Waals surface area contributed by atoms with Crippen molar-refractivity contribution in [3.05, 3.63) is 53.3 Å². The molecule has 0 radical (unpaired) electrons. The van der Waals surface area contributed by atoms with E-state index in [4.69, 9.17) is 16.3 Å². The third-order valence-corrected chi connectivity index (χ3v) is 6.06. The van der Waals surface area contributed by atoms with E-state index in [9.17, 15) is 17.6 Å². The van der Waals surface area contributed by atoms with Gasteiger partial charge in [0.25, 0.3) is 5.91 Å². The van der Waals surface area contributed by atoms with Crippen molar-refractivity contribution in [2.24, 2.45) is 0 Å². The zero-order chi connectivity index (χ0) is 20.0. The van der Waals surface area contributed by atoms with E-state index in [0.717, 1.165) is 6.07 Å². The molecular weight excluding hydrogens is 395 g/mol. The summed E-state index contributed by atoms with van der Waals surface area (Å²) in [5, 5.41) is 2.46. The second-order valence-corrected chi connectivity index (χ2v) is 7.88. The molecule has 2 rings (SSSR count). The summed E-state index contributed by atoms with van der Waals surface area (Å²) in [6, 6.07) is 9.74. The van der Waals surface area contributed by atoms with Crippen molar-refractivity contribution in [1.82, 2.24) is 4.31 Å². The zero-order valence-corrected chi connectivity index (χ0v) is 16.5. The van der Waals surface area contributed by atoms with Gasteiger partial charge < -0.3 is 10.1 Å². The number of carbonyl (C=O) groups is 1. The quantitative estimate of drug-likeness (QED) is 0.717. The van der Waals surface area contributed by atoms with Crippen LogP contribution in [-0.4, -0.2) is 38.3 Å². The van der Waals surface area contributed by atoms with Crippen molar-refractivity contribution in [2.45, 2.75) is 18.7 Å². The Morgan fingerprint density at radius 3 is 2.52 bits per heavy atom. The van der Waals surface area contributed by atoms with Crippen LogP contribution in [0.4, 0.5) is 10.1 Å². The van der Waals surface area contributed by atoms with Crippen molar-refractivity contribution >= 4 is 33.2 Å². The number of hydrogen-bond acceptors (Lipinski definition) is 4. The SMILES string of the molecule is CCN(CC)S(=O)(=O)c1cccc(NC(=O)COc2ccc(F)c(Cl)c2)c1. The van der Waals surface area contributed by atoms with Crippen molar-refractivity contribution in [3.8, 4) is 5.75 Å². The summed E-state index contributed by atoms with van der Waals surface area (Å²) < 4.78 is 44.8. The van der Waals surface area contributed by atoms with Crippen LogP contribution < -0.4 is 10.1 Å². The number of rotatable bonds is 8. The lowest BCUT2D eigenvalue weighted by molar-refractivity contribution is -0.118. The van der Waals surface area contributed by atoms with E-state index in [-0.39, 0.29) is 22.3 Å². The summed E-state index contributed by atoms with van der Waals surface area (Å²) in [5.74, 6) is -0.832. The van der Waals surface area contributed by atoms with Gasteiger partial charge in [-0.25, -0.2) is 12.8 Å². The van der Waals surface area contributed by atoms with Gasteiger partial charge in [-0.3, -0.25) is 4.79 Å². The lowest BCUT2D eigenvalue weighted by Crippen LogP contribution is -2.30. The fourth-order valence-electron chi connectivity index (χ4n) is 2.36. The molecule has 1 N–H and O–H groups in total. The maximum atomic E-state index is 13.1. The lowest BCUT2D eigenvalue weighted by Gasteiger charge is -2.18. The van der Waals surface area contributed by atoms with Crippen LogP contribution in [0.15, 0.2) is 47.4 Å². The molecule has 0 saturated carbocycles. The van der Waals surface area contributed by atoms with Crippen molar-refractivity contribution < 1.29 is 22.3 Å². The van der Waals surface area contributed by atoms with Gasteiger partial charge in [-0.2, -0.15) is 4.31 Å². The molecule has 0 unspecified atom stereocenters. The Bertz CT molecular complexity index is 917. The Balaban J connectivity index is 2.05. The molecule has 2 aromatic rings. The molecule has 0 fully saturated rings. The lowest BCUT2D eigenvalue weighted by atomic mass is 10.3. The molecular formula is C18H20ClFN2O4S. The van der Waals surface area contributed by atoms with Gasteiger partial charge in [0.15, 0.2) is 6.61 Å². The molecule has 6 nitrogen and oxygen atoms in total. The Morgan fingerprint density at radius 1 is 1.19 bits per heavy atom. The first-order valence-corrected chi connectivity index (χ1v) is 10.1. The van der Waals surface area contributed by atoms with Gasteiger partial charge in [0, 0.05) is 24.8 Å². The fraction of sp³-hybridized carbons (Fsp3) is 0.278. The fourth-order valence-corrected chi connectivity index (χ4v) is 4.03. The normalized spacial score (nSPS) is 11.4. The minimum atomic E-state index is -3.62. The first kappa shape index (κ1) is 21.1. The number of ether oxygens (including phenoxy) is 1. The number of halogens is 2. The Kier molecular flexibility index (Phi) is 7.18. The van der Waals surface area contributed by atoms with Crippen molar-refractivity contribution in [3.63, 3.8) is 0 Å². The molecule has 0 spiro atoms. The first-order chi connectivity index (χ1) is 12.8. The maximum absolute atomic E-state index is 13.1. The molecule has 0 heterocycles. The largest absolute Gasteiger partial charge is 0.484 e. The van der Waals surface area contributed by atoms with E-state index in [1.807, 2.05) is 0 Å². The molecule has 0 bridgehead atoms. The second kappa shape index (κ2) is 9.16. The van der Waals surface area contributed by atoms with Crippen LogP contribution in [0.1, 0.15) is 13.8 Å². The van der Waals surface area contributed by atoms with Gasteiger partial charge in [0.2, 0.25) is 10.0 Å². The predicted octanol–water partition coefficient (Wildman–Crippen LogP) is 3.53. The number of nitrogens with zero attached hydrogens (tertiary/aromatic N) is 1. The van der Waals surface area contributed by atoms with E-state index in [2.05, 4.69) is 5.32 Å². The van der Waals surface area contributed by atoms with Crippen LogP contribution in [0, 0.1) is 5.82 Å². The van der Waals surface area contributed by atoms with Gasteiger partial charge in [0.05, 0.1) is 9.92 Å². The second-order valence-electron chi connectivity index (χ2n) is 5.53. The summed E-state index contributed by atoms with van der Waals surface area (Å²) in [6.07, 6.45) is 0. The average molecular weight is 415 g/mol. The van der Waals surface area contributed by atoms with Crippen LogP contribution in [0.2, 0.25) is 5.02 Å².